The second-order valence-corrected chi connectivity index (χ2v) is 9.20. The number of amides is 1. The summed E-state index contributed by atoms with van der Waals surface area (Å²) in [6.45, 7) is 1.78. The number of hydrogen-bond donors (Lipinski definition) is 2. The van der Waals surface area contributed by atoms with Gasteiger partial charge in [0.05, 0.1) is 29.3 Å². The maximum Gasteiger partial charge on any atom is 0.416 e. The Balaban J connectivity index is 2.10. The number of alkyl halides is 3. The van der Waals surface area contributed by atoms with Gasteiger partial charge in [-0.15, -0.1) is 0 Å². The van der Waals surface area contributed by atoms with Gasteiger partial charge in [0, 0.05) is 20.6 Å². The highest BCUT2D eigenvalue weighted by molar-refractivity contribution is 7.89. The van der Waals surface area contributed by atoms with E-state index < -0.39 is 27.7 Å². The van der Waals surface area contributed by atoms with Crippen LogP contribution in [0.1, 0.15) is 24.5 Å². The van der Waals surface area contributed by atoms with Crippen molar-refractivity contribution in [3.05, 3.63) is 53.6 Å². The van der Waals surface area contributed by atoms with Crippen LogP contribution in [-0.4, -0.2) is 45.9 Å². The number of ether oxygens (including phenoxy) is 1. The zero-order valence-electron chi connectivity index (χ0n) is 18.0. The Labute approximate surface area is 185 Å². The van der Waals surface area contributed by atoms with Gasteiger partial charge in [-0.2, -0.15) is 13.2 Å². The molecule has 0 heterocycles. The molecular formula is C21H26F3N3O4S. The summed E-state index contributed by atoms with van der Waals surface area (Å²) in [5, 5.41) is 5.25. The maximum atomic E-state index is 13.0. The third-order valence-electron chi connectivity index (χ3n) is 4.42. The molecule has 2 aromatic carbocycles. The summed E-state index contributed by atoms with van der Waals surface area (Å²) < 4.78 is 70.6. The van der Waals surface area contributed by atoms with E-state index in [-0.39, 0.29) is 29.4 Å². The number of anilines is 1. The third-order valence-corrected chi connectivity index (χ3v) is 6.33. The van der Waals surface area contributed by atoms with E-state index >= 15 is 0 Å². The first-order valence-electron chi connectivity index (χ1n) is 9.82. The normalized spacial score (nSPS) is 12.0. The number of hydrogen-bond acceptors (Lipinski definition) is 5. The fraction of sp³-hybridized carbons (Fsp3) is 0.381. The molecular weight excluding hydrogens is 447 g/mol. The summed E-state index contributed by atoms with van der Waals surface area (Å²) in [4.78, 5) is 12.4. The number of sulfonamides is 1. The highest BCUT2D eigenvalue weighted by Crippen LogP contribution is 2.35. The van der Waals surface area contributed by atoms with Crippen LogP contribution in [0.25, 0.3) is 0 Å². The minimum Gasteiger partial charge on any atom is -0.491 e. The molecule has 2 aromatic rings. The van der Waals surface area contributed by atoms with Crippen LogP contribution in [0.15, 0.2) is 47.4 Å². The van der Waals surface area contributed by atoms with Gasteiger partial charge >= 0.3 is 6.18 Å². The van der Waals surface area contributed by atoms with Crippen LogP contribution in [0, 0.1) is 0 Å². The van der Waals surface area contributed by atoms with E-state index in [9.17, 15) is 26.4 Å². The van der Waals surface area contributed by atoms with Gasteiger partial charge in [-0.05, 0) is 36.2 Å². The highest BCUT2D eigenvalue weighted by atomic mass is 32.2. The molecule has 0 aliphatic carbocycles. The molecule has 0 atom stereocenters. The monoisotopic (exact) mass is 473 g/mol. The largest absolute Gasteiger partial charge is 0.491 e. The SMILES string of the molecule is CCCOc1ccc(C(F)(F)F)cc1NCC(=O)NCc1ccccc1S(=O)(=O)N(C)C. The predicted octanol–water partition coefficient (Wildman–Crippen LogP) is 3.47. The molecule has 7 nitrogen and oxygen atoms in total. The van der Waals surface area contributed by atoms with Crippen molar-refractivity contribution in [1.29, 1.82) is 0 Å². The zero-order chi connectivity index (χ0) is 23.9. The summed E-state index contributed by atoms with van der Waals surface area (Å²) in [6.07, 6.45) is -3.88. The molecule has 0 saturated heterocycles. The first kappa shape index (κ1) is 25.5. The Morgan fingerprint density at radius 3 is 2.44 bits per heavy atom. The highest BCUT2D eigenvalue weighted by Gasteiger charge is 2.31. The lowest BCUT2D eigenvalue weighted by atomic mass is 10.1. The molecule has 11 heteroatoms. The average Bonchev–Trinajstić information content (AvgIpc) is 2.74. The lowest BCUT2D eigenvalue weighted by Crippen LogP contribution is -2.31. The van der Waals surface area contributed by atoms with Gasteiger partial charge in [0.2, 0.25) is 15.9 Å². The van der Waals surface area contributed by atoms with E-state index in [4.69, 9.17) is 4.74 Å². The Morgan fingerprint density at radius 1 is 1.12 bits per heavy atom. The van der Waals surface area contributed by atoms with Gasteiger partial charge in [-0.1, -0.05) is 25.1 Å². The Hall–Kier alpha value is -2.79. The second kappa shape index (κ2) is 10.7. The van der Waals surface area contributed by atoms with Crippen molar-refractivity contribution < 1.29 is 31.1 Å². The summed E-state index contributed by atoms with van der Waals surface area (Å²) in [5.74, 6) is -0.323. The van der Waals surface area contributed by atoms with Gasteiger partial charge in [-0.3, -0.25) is 4.79 Å². The number of halogens is 3. The molecule has 32 heavy (non-hydrogen) atoms. The van der Waals surface area contributed by atoms with Crippen LogP contribution in [0.4, 0.5) is 18.9 Å². The second-order valence-electron chi connectivity index (χ2n) is 7.08. The van der Waals surface area contributed by atoms with Gasteiger partial charge in [0.25, 0.3) is 0 Å². The smallest absolute Gasteiger partial charge is 0.416 e. The van der Waals surface area contributed by atoms with Crippen LogP contribution in [-0.2, 0) is 27.5 Å². The summed E-state index contributed by atoms with van der Waals surface area (Å²) in [5.41, 5.74) is -0.438. The number of rotatable bonds is 10. The molecule has 0 radical (unpaired) electrons. The lowest BCUT2D eigenvalue weighted by Gasteiger charge is -2.17. The summed E-state index contributed by atoms with van der Waals surface area (Å²) in [6, 6.07) is 9.25. The summed E-state index contributed by atoms with van der Waals surface area (Å²) in [7, 11) is -0.891. The molecule has 0 aliphatic rings. The van der Waals surface area contributed by atoms with Crippen molar-refractivity contribution in [2.45, 2.75) is 31.0 Å². The zero-order valence-corrected chi connectivity index (χ0v) is 18.8. The molecule has 0 aromatic heterocycles. The number of carbonyl (C=O) groups is 1. The van der Waals surface area contributed by atoms with Crippen LogP contribution in [0.2, 0.25) is 0 Å². The minimum absolute atomic E-state index is 0.0408. The Morgan fingerprint density at radius 2 is 1.81 bits per heavy atom. The molecule has 0 saturated carbocycles. The Bertz CT molecular complexity index is 1040. The van der Waals surface area contributed by atoms with Crippen molar-refractivity contribution in [2.75, 3.05) is 32.6 Å². The number of nitrogens with one attached hydrogen (secondary N) is 2. The van der Waals surface area contributed by atoms with Crippen molar-refractivity contribution >= 4 is 21.6 Å². The van der Waals surface area contributed by atoms with Crippen molar-refractivity contribution in [1.82, 2.24) is 9.62 Å². The number of carbonyl (C=O) groups excluding carboxylic acids is 1. The van der Waals surface area contributed by atoms with E-state index in [1.807, 2.05) is 6.92 Å². The van der Waals surface area contributed by atoms with Crippen molar-refractivity contribution in [2.24, 2.45) is 0 Å². The topological polar surface area (TPSA) is 87.7 Å². The fourth-order valence-corrected chi connectivity index (χ4v) is 3.83. The molecule has 0 bridgehead atoms. The summed E-state index contributed by atoms with van der Waals surface area (Å²) >= 11 is 0. The van der Waals surface area contributed by atoms with Crippen LogP contribution >= 0.6 is 0 Å². The molecule has 176 valence electrons. The standard InChI is InChI=1S/C21H26F3N3O4S/c1-4-11-31-18-10-9-16(21(22,23)24)12-17(18)25-14-20(28)26-13-15-7-5-6-8-19(15)32(29,30)27(2)3/h5-10,12,25H,4,11,13-14H2,1-3H3,(H,26,28). The molecule has 0 unspecified atom stereocenters. The average molecular weight is 474 g/mol. The quantitative estimate of drug-likeness (QED) is 0.552. The molecule has 0 aliphatic heterocycles. The van der Waals surface area contributed by atoms with E-state index in [1.54, 1.807) is 18.2 Å². The Kier molecular flexibility index (Phi) is 8.51. The first-order chi connectivity index (χ1) is 15.0. The van der Waals surface area contributed by atoms with E-state index in [2.05, 4.69) is 10.6 Å². The van der Waals surface area contributed by atoms with Crippen molar-refractivity contribution in [3.63, 3.8) is 0 Å². The van der Waals surface area contributed by atoms with Gasteiger partial charge in [0.1, 0.15) is 5.75 Å². The van der Waals surface area contributed by atoms with Crippen LogP contribution < -0.4 is 15.4 Å². The first-order valence-corrected chi connectivity index (χ1v) is 11.3. The molecule has 0 spiro atoms. The molecule has 2 N–H and O–H groups in total. The molecule has 0 fully saturated rings. The van der Waals surface area contributed by atoms with E-state index in [1.165, 1.54) is 26.2 Å². The van der Waals surface area contributed by atoms with Crippen LogP contribution in [0.5, 0.6) is 5.75 Å². The van der Waals surface area contributed by atoms with Gasteiger partial charge in [-0.25, -0.2) is 12.7 Å². The minimum atomic E-state index is -4.54. The molecule has 2 rings (SSSR count). The number of benzene rings is 2. The van der Waals surface area contributed by atoms with E-state index in [0.29, 0.717) is 18.6 Å². The molecule has 1 amide bonds. The van der Waals surface area contributed by atoms with Gasteiger partial charge < -0.3 is 15.4 Å². The fourth-order valence-electron chi connectivity index (χ4n) is 2.71. The maximum absolute atomic E-state index is 13.0. The van der Waals surface area contributed by atoms with Crippen molar-refractivity contribution in [3.8, 4) is 5.75 Å². The predicted molar refractivity (Wildman–Crippen MR) is 115 cm³/mol. The third kappa shape index (κ3) is 6.60. The lowest BCUT2D eigenvalue weighted by molar-refractivity contribution is -0.137. The van der Waals surface area contributed by atoms with E-state index in [0.717, 1.165) is 16.4 Å². The van der Waals surface area contributed by atoms with Gasteiger partial charge in [0.15, 0.2) is 0 Å². The number of nitrogens with zero attached hydrogens (tertiary/aromatic N) is 1. The van der Waals surface area contributed by atoms with Crippen LogP contribution in [0.3, 0.4) is 0 Å².